The number of piperazine rings is 1. The molecule has 0 aromatic heterocycles. The summed E-state index contributed by atoms with van der Waals surface area (Å²) < 4.78 is 28.5. The summed E-state index contributed by atoms with van der Waals surface area (Å²) >= 11 is 0. The van der Waals surface area contributed by atoms with E-state index >= 15 is 0 Å². The molecule has 2 aliphatic rings. The Kier molecular flexibility index (Phi) is 8.89. The molecule has 1 heterocycles. The van der Waals surface area contributed by atoms with Crippen molar-refractivity contribution in [1.29, 1.82) is 0 Å². The van der Waals surface area contributed by atoms with Gasteiger partial charge in [-0.1, -0.05) is 20.8 Å². The van der Waals surface area contributed by atoms with Crippen LogP contribution in [0.15, 0.2) is 23.1 Å². The first-order chi connectivity index (χ1) is 16.0. The van der Waals surface area contributed by atoms with E-state index in [9.17, 15) is 23.3 Å². The quantitative estimate of drug-likeness (QED) is 0.398. The van der Waals surface area contributed by atoms with Crippen molar-refractivity contribution in [2.24, 2.45) is 11.8 Å². The predicted octanol–water partition coefficient (Wildman–Crippen LogP) is 2.35. The van der Waals surface area contributed by atoms with Gasteiger partial charge in [0.2, 0.25) is 15.9 Å². The van der Waals surface area contributed by atoms with Gasteiger partial charge in [0.05, 0.1) is 16.4 Å². The van der Waals surface area contributed by atoms with Gasteiger partial charge in [-0.25, -0.2) is 13.1 Å². The molecule has 1 aliphatic heterocycles. The number of nitro benzene ring substituents is 1. The van der Waals surface area contributed by atoms with Crippen molar-refractivity contribution in [2.45, 2.75) is 57.4 Å². The van der Waals surface area contributed by atoms with Crippen molar-refractivity contribution in [2.75, 3.05) is 44.2 Å². The Morgan fingerprint density at radius 1 is 1.15 bits per heavy atom. The summed E-state index contributed by atoms with van der Waals surface area (Å²) in [4.78, 5) is 27.2. The Labute approximate surface area is 202 Å². The number of hydrogen-bond donors (Lipinski definition) is 2. The number of amides is 1. The Morgan fingerprint density at radius 3 is 2.38 bits per heavy atom. The molecule has 3 rings (SSSR count). The maximum Gasteiger partial charge on any atom is 0.293 e. The molecular weight excluding hydrogens is 458 g/mol. The molecule has 1 aromatic carbocycles. The minimum Gasteiger partial charge on any atom is -0.363 e. The fourth-order valence-electron chi connectivity index (χ4n) is 4.47. The third-order valence-electron chi connectivity index (χ3n) is 6.58. The van der Waals surface area contributed by atoms with E-state index in [2.05, 4.69) is 17.0 Å². The van der Waals surface area contributed by atoms with Gasteiger partial charge >= 0.3 is 0 Å². The van der Waals surface area contributed by atoms with Crippen LogP contribution in [-0.2, 0) is 14.8 Å². The fourth-order valence-corrected chi connectivity index (χ4v) is 5.80. The monoisotopic (exact) mass is 495 g/mol. The summed E-state index contributed by atoms with van der Waals surface area (Å²) in [6.07, 6.45) is 3.50. The van der Waals surface area contributed by atoms with Gasteiger partial charge in [-0.2, -0.15) is 0 Å². The lowest BCUT2D eigenvalue weighted by molar-refractivity contribution is -0.384. The molecule has 1 aromatic rings. The van der Waals surface area contributed by atoms with E-state index in [-0.39, 0.29) is 22.5 Å². The molecule has 0 atom stereocenters. The van der Waals surface area contributed by atoms with E-state index in [0.29, 0.717) is 56.8 Å². The second-order valence-electron chi connectivity index (χ2n) is 9.95. The second-order valence-corrected chi connectivity index (χ2v) is 11.7. The van der Waals surface area contributed by atoms with Crippen molar-refractivity contribution in [3.63, 3.8) is 0 Å². The van der Waals surface area contributed by atoms with E-state index in [1.54, 1.807) is 0 Å². The topological polar surface area (TPSA) is 125 Å². The van der Waals surface area contributed by atoms with Crippen LogP contribution in [0.3, 0.4) is 0 Å². The number of sulfonamides is 1. The van der Waals surface area contributed by atoms with Crippen LogP contribution in [-0.4, -0.2) is 69.5 Å². The number of anilines is 1. The lowest BCUT2D eigenvalue weighted by Gasteiger charge is -2.35. The van der Waals surface area contributed by atoms with Crippen LogP contribution >= 0.6 is 0 Å². The second kappa shape index (κ2) is 11.5. The lowest BCUT2D eigenvalue weighted by atomic mass is 9.88. The molecule has 1 amide bonds. The zero-order valence-corrected chi connectivity index (χ0v) is 21.1. The SMILES string of the molecule is CC(C)CNC(=O)CN1CCN(c2ccc(S(=O)(=O)NC3CCC(C)CC3)cc2[N+](=O)[O-])CC1. The molecule has 0 unspecified atom stereocenters. The summed E-state index contributed by atoms with van der Waals surface area (Å²) in [6, 6.07) is 4.00. The van der Waals surface area contributed by atoms with Crippen LogP contribution in [0, 0.1) is 22.0 Å². The summed E-state index contributed by atoms with van der Waals surface area (Å²) in [6.45, 7) is 9.38. The Balaban J connectivity index is 1.65. The van der Waals surface area contributed by atoms with Gasteiger partial charge in [0, 0.05) is 44.8 Å². The zero-order valence-electron chi connectivity index (χ0n) is 20.3. The molecule has 1 saturated heterocycles. The summed E-state index contributed by atoms with van der Waals surface area (Å²) in [5, 5.41) is 14.7. The standard InChI is InChI=1S/C23H37N5O5S/c1-17(2)15-24-23(29)16-26-10-12-27(13-11-26)21-9-8-20(14-22(21)28(30)31)34(32,33)25-19-6-4-18(3)5-7-19/h8-9,14,17-19,25H,4-7,10-13,15-16H2,1-3H3,(H,24,29). The summed E-state index contributed by atoms with van der Waals surface area (Å²) in [5.74, 6) is 0.952. The van der Waals surface area contributed by atoms with Gasteiger partial charge in [-0.05, 0) is 49.7 Å². The summed E-state index contributed by atoms with van der Waals surface area (Å²) in [7, 11) is -3.84. The number of nitrogens with one attached hydrogen (secondary N) is 2. The maximum atomic E-state index is 12.9. The molecule has 0 spiro atoms. The average molecular weight is 496 g/mol. The van der Waals surface area contributed by atoms with Crippen LogP contribution in [0.4, 0.5) is 11.4 Å². The number of nitrogens with zero attached hydrogens (tertiary/aromatic N) is 3. The molecule has 0 radical (unpaired) electrons. The first-order valence-corrected chi connectivity index (χ1v) is 13.6. The normalized spacial score (nSPS) is 22.1. The first kappa shape index (κ1) is 26.4. The number of rotatable bonds is 9. The van der Waals surface area contributed by atoms with Crippen molar-refractivity contribution in [1.82, 2.24) is 14.9 Å². The molecule has 10 nitrogen and oxygen atoms in total. The first-order valence-electron chi connectivity index (χ1n) is 12.1. The summed E-state index contributed by atoms with van der Waals surface area (Å²) in [5.41, 5.74) is 0.183. The number of carbonyl (C=O) groups is 1. The molecule has 1 saturated carbocycles. The fraction of sp³-hybridized carbons (Fsp3) is 0.696. The largest absolute Gasteiger partial charge is 0.363 e. The van der Waals surface area contributed by atoms with E-state index in [1.165, 1.54) is 12.1 Å². The highest BCUT2D eigenvalue weighted by atomic mass is 32.2. The third kappa shape index (κ3) is 7.13. The zero-order chi connectivity index (χ0) is 24.9. The molecule has 0 bridgehead atoms. The highest BCUT2D eigenvalue weighted by Gasteiger charge is 2.29. The highest BCUT2D eigenvalue weighted by molar-refractivity contribution is 7.89. The van der Waals surface area contributed by atoms with Crippen molar-refractivity contribution >= 4 is 27.3 Å². The molecule has 34 heavy (non-hydrogen) atoms. The molecule has 2 N–H and O–H groups in total. The maximum absolute atomic E-state index is 12.9. The number of nitro groups is 1. The Morgan fingerprint density at radius 2 is 1.79 bits per heavy atom. The van der Waals surface area contributed by atoms with Gasteiger partial charge in [-0.15, -0.1) is 0 Å². The van der Waals surface area contributed by atoms with Gasteiger partial charge in [0.25, 0.3) is 5.69 Å². The molecular formula is C23H37N5O5S. The number of hydrogen-bond acceptors (Lipinski definition) is 7. The van der Waals surface area contributed by atoms with Crippen molar-refractivity contribution < 1.29 is 18.1 Å². The van der Waals surface area contributed by atoms with Crippen LogP contribution < -0.4 is 14.9 Å². The third-order valence-corrected chi connectivity index (χ3v) is 8.10. The van der Waals surface area contributed by atoms with Gasteiger partial charge in [0.15, 0.2) is 0 Å². The van der Waals surface area contributed by atoms with Crippen molar-refractivity contribution in [3.8, 4) is 0 Å². The Bertz CT molecular complexity index is 968. The van der Waals surface area contributed by atoms with Crippen molar-refractivity contribution in [3.05, 3.63) is 28.3 Å². The van der Waals surface area contributed by atoms with E-state index in [0.717, 1.165) is 31.7 Å². The van der Waals surface area contributed by atoms with Gasteiger partial charge in [-0.3, -0.25) is 19.8 Å². The number of carbonyl (C=O) groups excluding carboxylic acids is 1. The smallest absolute Gasteiger partial charge is 0.293 e. The minimum absolute atomic E-state index is 0.0254. The van der Waals surface area contributed by atoms with Crippen LogP contribution in [0.1, 0.15) is 46.5 Å². The molecule has 1 aliphatic carbocycles. The van der Waals surface area contributed by atoms with Crippen LogP contribution in [0.25, 0.3) is 0 Å². The van der Waals surface area contributed by atoms with Gasteiger partial charge in [0.1, 0.15) is 5.69 Å². The molecule has 190 valence electrons. The van der Waals surface area contributed by atoms with Crippen LogP contribution in [0.2, 0.25) is 0 Å². The number of benzene rings is 1. The van der Waals surface area contributed by atoms with E-state index in [1.807, 2.05) is 23.6 Å². The Hall–Kier alpha value is -2.24. The highest BCUT2D eigenvalue weighted by Crippen LogP contribution is 2.32. The molecule has 11 heteroatoms. The average Bonchev–Trinajstić information content (AvgIpc) is 2.79. The van der Waals surface area contributed by atoms with E-state index in [4.69, 9.17) is 0 Å². The van der Waals surface area contributed by atoms with Gasteiger partial charge < -0.3 is 10.2 Å². The van der Waals surface area contributed by atoms with Crippen LogP contribution in [0.5, 0.6) is 0 Å². The predicted molar refractivity (Wildman–Crippen MR) is 131 cm³/mol. The lowest BCUT2D eigenvalue weighted by Crippen LogP contribution is -2.49. The van der Waals surface area contributed by atoms with E-state index < -0.39 is 14.9 Å². The molecule has 2 fully saturated rings. The minimum atomic E-state index is -3.84.